The van der Waals surface area contributed by atoms with E-state index >= 15 is 0 Å². The Morgan fingerprint density at radius 3 is 2.55 bits per heavy atom. The number of aliphatic hydroxyl groups excluding tert-OH is 2. The number of benzene rings is 3. The lowest BCUT2D eigenvalue weighted by atomic mass is 9.87. The lowest BCUT2D eigenvalue weighted by Gasteiger charge is -2.40. The molecule has 33 heavy (non-hydrogen) atoms. The molecule has 1 aliphatic rings. The molecular formula is C25H25ClF2O5. The Bertz CT molecular complexity index is 1170. The van der Waals surface area contributed by atoms with Crippen LogP contribution in [0.2, 0.25) is 5.02 Å². The second kappa shape index (κ2) is 9.52. The van der Waals surface area contributed by atoms with Crippen molar-refractivity contribution in [2.45, 2.75) is 44.2 Å². The second-order valence-corrected chi connectivity index (χ2v) is 8.58. The van der Waals surface area contributed by atoms with Crippen molar-refractivity contribution in [2.75, 3.05) is 13.2 Å². The highest BCUT2D eigenvalue weighted by molar-refractivity contribution is 6.36. The highest BCUT2D eigenvalue weighted by Crippen LogP contribution is 2.42. The first kappa shape index (κ1) is 23.9. The van der Waals surface area contributed by atoms with Crippen molar-refractivity contribution in [1.82, 2.24) is 0 Å². The fourth-order valence-corrected chi connectivity index (χ4v) is 4.68. The van der Waals surface area contributed by atoms with Crippen molar-refractivity contribution in [2.24, 2.45) is 0 Å². The molecule has 0 amide bonds. The van der Waals surface area contributed by atoms with Crippen LogP contribution in [-0.4, -0.2) is 40.7 Å². The lowest BCUT2D eigenvalue weighted by Crippen LogP contribution is -2.45. The average Bonchev–Trinajstić information content (AvgIpc) is 2.79. The number of hydrogen-bond acceptors (Lipinski definition) is 5. The van der Waals surface area contributed by atoms with E-state index < -0.39 is 29.6 Å². The second-order valence-electron chi connectivity index (χ2n) is 8.20. The predicted octanol–water partition coefficient (Wildman–Crippen LogP) is 4.44. The third kappa shape index (κ3) is 4.56. The Balaban J connectivity index is 1.83. The van der Waals surface area contributed by atoms with E-state index in [9.17, 15) is 24.1 Å². The van der Waals surface area contributed by atoms with Gasteiger partial charge in [0.2, 0.25) is 5.82 Å². The van der Waals surface area contributed by atoms with Gasteiger partial charge in [-0.3, -0.25) is 0 Å². The van der Waals surface area contributed by atoms with Crippen LogP contribution in [0, 0.1) is 11.6 Å². The molecule has 176 valence electrons. The first-order chi connectivity index (χ1) is 15.8. The molecule has 1 heterocycles. The molecule has 1 fully saturated rings. The van der Waals surface area contributed by atoms with Gasteiger partial charge in [0.25, 0.3) is 0 Å². The van der Waals surface area contributed by atoms with Crippen molar-refractivity contribution < 1.29 is 33.6 Å². The number of fused-ring (bicyclic) bond motifs is 1. The molecule has 3 atom stereocenters. The Morgan fingerprint density at radius 1 is 1.12 bits per heavy atom. The van der Waals surface area contributed by atoms with Crippen molar-refractivity contribution in [3.63, 3.8) is 0 Å². The summed E-state index contributed by atoms with van der Waals surface area (Å²) < 4.78 is 40.1. The molecule has 0 radical (unpaired) electrons. The molecule has 0 aliphatic carbocycles. The summed E-state index contributed by atoms with van der Waals surface area (Å²) in [6.07, 6.45) is -1.62. The van der Waals surface area contributed by atoms with E-state index in [-0.39, 0.29) is 43.8 Å². The zero-order valence-corrected chi connectivity index (χ0v) is 18.8. The maximum atomic E-state index is 14.8. The van der Waals surface area contributed by atoms with Crippen LogP contribution < -0.4 is 4.74 Å². The van der Waals surface area contributed by atoms with Crippen molar-refractivity contribution in [1.29, 1.82) is 0 Å². The van der Waals surface area contributed by atoms with E-state index in [1.807, 2.05) is 0 Å². The average molecular weight is 479 g/mol. The van der Waals surface area contributed by atoms with Gasteiger partial charge in [-0.2, -0.15) is 4.39 Å². The molecule has 3 aromatic carbocycles. The van der Waals surface area contributed by atoms with E-state index in [0.29, 0.717) is 26.9 Å². The SMILES string of the molecule is CCOc1ccc(Cc2cc([C@@]3(O)C[C@@H](O)C[C@@H](CO)O3)c3ccccc3c2Cl)c(F)c1F. The number of hydrogen-bond donors (Lipinski definition) is 3. The summed E-state index contributed by atoms with van der Waals surface area (Å²) >= 11 is 6.65. The molecule has 0 unspecified atom stereocenters. The summed E-state index contributed by atoms with van der Waals surface area (Å²) in [4.78, 5) is 0. The van der Waals surface area contributed by atoms with Crippen LogP contribution in [0.5, 0.6) is 5.75 Å². The van der Waals surface area contributed by atoms with Gasteiger partial charge < -0.3 is 24.8 Å². The standard InChI is InChI=1S/C25H25ClF2O5/c1-2-32-21-8-7-14(23(27)24(21)28)9-15-10-20(18-5-3-4-6-19(18)22(15)26)25(31)12-16(30)11-17(13-29)33-25/h3-8,10,16-17,29-31H,2,9,11-13H2,1H3/t16-,17-,25+/m0/s1. The molecule has 0 bridgehead atoms. The third-order valence-electron chi connectivity index (χ3n) is 5.90. The maximum Gasteiger partial charge on any atom is 0.200 e. The normalized spacial score (nSPS) is 23.1. The quantitative estimate of drug-likeness (QED) is 0.488. The van der Waals surface area contributed by atoms with Gasteiger partial charge in [0, 0.05) is 30.2 Å². The van der Waals surface area contributed by atoms with Crippen molar-refractivity contribution >= 4 is 22.4 Å². The van der Waals surface area contributed by atoms with Crippen LogP contribution in [0.25, 0.3) is 10.8 Å². The van der Waals surface area contributed by atoms with E-state index in [2.05, 4.69) is 0 Å². The molecule has 1 saturated heterocycles. The fourth-order valence-electron chi connectivity index (χ4n) is 4.39. The van der Waals surface area contributed by atoms with Gasteiger partial charge in [-0.15, -0.1) is 0 Å². The van der Waals surface area contributed by atoms with Crippen LogP contribution >= 0.6 is 11.6 Å². The van der Waals surface area contributed by atoms with Crippen LogP contribution in [0.4, 0.5) is 8.78 Å². The van der Waals surface area contributed by atoms with Gasteiger partial charge in [-0.05, 0) is 35.6 Å². The van der Waals surface area contributed by atoms with Gasteiger partial charge in [0.05, 0.1) is 30.4 Å². The van der Waals surface area contributed by atoms with Gasteiger partial charge in [-0.1, -0.05) is 41.9 Å². The maximum absolute atomic E-state index is 14.8. The monoisotopic (exact) mass is 478 g/mol. The highest BCUT2D eigenvalue weighted by atomic mass is 35.5. The number of aliphatic hydroxyl groups is 3. The molecule has 8 heteroatoms. The molecule has 0 spiro atoms. The molecule has 5 nitrogen and oxygen atoms in total. The van der Waals surface area contributed by atoms with Gasteiger partial charge in [0.15, 0.2) is 17.4 Å². The molecule has 1 aliphatic heterocycles. The van der Waals surface area contributed by atoms with Crippen molar-refractivity contribution in [3.8, 4) is 5.75 Å². The molecular weight excluding hydrogens is 454 g/mol. The smallest absolute Gasteiger partial charge is 0.200 e. The molecule has 3 N–H and O–H groups in total. The van der Waals surface area contributed by atoms with Crippen LogP contribution in [0.15, 0.2) is 42.5 Å². The Morgan fingerprint density at radius 2 is 1.85 bits per heavy atom. The summed E-state index contributed by atoms with van der Waals surface area (Å²) in [5, 5.41) is 32.8. The number of ether oxygens (including phenoxy) is 2. The zero-order valence-electron chi connectivity index (χ0n) is 18.0. The molecule has 0 aromatic heterocycles. The summed E-state index contributed by atoms with van der Waals surface area (Å²) in [5.74, 6) is -4.17. The molecule has 4 rings (SSSR count). The number of halogens is 3. The largest absolute Gasteiger partial charge is 0.491 e. The first-order valence-corrected chi connectivity index (χ1v) is 11.1. The third-order valence-corrected chi connectivity index (χ3v) is 6.34. The number of rotatable bonds is 6. The van der Waals surface area contributed by atoms with Gasteiger partial charge in [0.1, 0.15) is 0 Å². The topological polar surface area (TPSA) is 79.2 Å². The summed E-state index contributed by atoms with van der Waals surface area (Å²) in [6, 6.07) is 11.5. The minimum absolute atomic E-state index is 0.0477. The minimum atomic E-state index is -1.90. The highest BCUT2D eigenvalue weighted by Gasteiger charge is 2.42. The lowest BCUT2D eigenvalue weighted by molar-refractivity contribution is -0.285. The van der Waals surface area contributed by atoms with Gasteiger partial charge >= 0.3 is 0 Å². The van der Waals surface area contributed by atoms with Crippen LogP contribution in [-0.2, 0) is 16.9 Å². The van der Waals surface area contributed by atoms with E-state index in [4.69, 9.17) is 21.1 Å². The fraction of sp³-hybridized carbons (Fsp3) is 0.360. The zero-order chi connectivity index (χ0) is 23.8. The van der Waals surface area contributed by atoms with E-state index in [0.717, 1.165) is 0 Å². The summed E-state index contributed by atoms with van der Waals surface area (Å²) in [5.41, 5.74) is 0.857. The molecule has 3 aromatic rings. The van der Waals surface area contributed by atoms with Crippen molar-refractivity contribution in [3.05, 3.63) is 75.8 Å². The predicted molar refractivity (Wildman–Crippen MR) is 120 cm³/mol. The van der Waals surface area contributed by atoms with Crippen LogP contribution in [0.3, 0.4) is 0 Å². The molecule has 0 saturated carbocycles. The summed E-state index contributed by atoms with van der Waals surface area (Å²) in [7, 11) is 0. The minimum Gasteiger partial charge on any atom is -0.491 e. The summed E-state index contributed by atoms with van der Waals surface area (Å²) in [6.45, 7) is 1.52. The Labute approximate surface area is 195 Å². The Kier molecular flexibility index (Phi) is 6.88. The first-order valence-electron chi connectivity index (χ1n) is 10.8. The van der Waals surface area contributed by atoms with Gasteiger partial charge in [-0.25, -0.2) is 4.39 Å². The van der Waals surface area contributed by atoms with Crippen LogP contribution in [0.1, 0.15) is 36.5 Å². The van der Waals surface area contributed by atoms with E-state index in [1.54, 1.807) is 37.3 Å². The Hall–Kier alpha value is -2.29. The van der Waals surface area contributed by atoms with E-state index in [1.165, 1.54) is 12.1 Å².